The van der Waals surface area contributed by atoms with Gasteiger partial charge in [-0.05, 0) is 47.7 Å². The highest BCUT2D eigenvalue weighted by Crippen LogP contribution is 2.35. The fourth-order valence-corrected chi connectivity index (χ4v) is 4.50. The van der Waals surface area contributed by atoms with Gasteiger partial charge in [0, 0.05) is 22.7 Å². The molecule has 1 aliphatic rings. The number of nitro groups is 1. The minimum absolute atomic E-state index is 0.0360. The van der Waals surface area contributed by atoms with Gasteiger partial charge in [-0.1, -0.05) is 53.5 Å². The third-order valence-corrected chi connectivity index (χ3v) is 6.38. The predicted octanol–water partition coefficient (Wildman–Crippen LogP) is 6.36. The summed E-state index contributed by atoms with van der Waals surface area (Å²) in [7, 11) is 0. The molecule has 1 saturated heterocycles. The van der Waals surface area contributed by atoms with Crippen LogP contribution in [0.5, 0.6) is 5.75 Å². The SMILES string of the molecule is O=C(Oc1ccccc1/C=C1\SC(=O)N(Cc2ccc([N+](=O)[O-])cc2)C1=O)c1ccc(Cl)cc1Cl. The molecular formula is C24H14Cl2N2O6S. The topological polar surface area (TPSA) is 107 Å². The molecule has 3 aromatic carbocycles. The van der Waals surface area contributed by atoms with E-state index >= 15 is 0 Å². The number of nitro benzene ring substituents is 1. The lowest BCUT2D eigenvalue weighted by atomic mass is 10.1. The Morgan fingerprint density at radius 3 is 2.46 bits per heavy atom. The summed E-state index contributed by atoms with van der Waals surface area (Å²) in [5.41, 5.74) is 1.00. The van der Waals surface area contributed by atoms with Crippen molar-refractivity contribution in [3.8, 4) is 5.75 Å². The van der Waals surface area contributed by atoms with E-state index in [1.807, 2.05) is 0 Å². The summed E-state index contributed by atoms with van der Waals surface area (Å²) < 4.78 is 5.49. The summed E-state index contributed by atoms with van der Waals surface area (Å²) in [5, 5.41) is 10.8. The first-order chi connectivity index (χ1) is 16.7. The van der Waals surface area contributed by atoms with Gasteiger partial charge in [0.2, 0.25) is 0 Å². The fraction of sp³-hybridized carbons (Fsp3) is 0.0417. The van der Waals surface area contributed by atoms with Crippen LogP contribution in [0.25, 0.3) is 6.08 Å². The van der Waals surface area contributed by atoms with Gasteiger partial charge >= 0.3 is 5.97 Å². The van der Waals surface area contributed by atoms with Crippen molar-refractivity contribution < 1.29 is 24.0 Å². The molecule has 8 nitrogen and oxygen atoms in total. The predicted molar refractivity (Wildman–Crippen MR) is 132 cm³/mol. The van der Waals surface area contributed by atoms with Gasteiger partial charge in [0.25, 0.3) is 16.8 Å². The Balaban J connectivity index is 1.54. The number of ether oxygens (including phenoxy) is 1. The zero-order valence-electron chi connectivity index (χ0n) is 17.6. The Hall–Kier alpha value is -3.66. The Kier molecular flexibility index (Phi) is 7.20. The van der Waals surface area contributed by atoms with Crippen LogP contribution < -0.4 is 4.74 Å². The highest BCUT2D eigenvalue weighted by atomic mass is 35.5. The summed E-state index contributed by atoms with van der Waals surface area (Å²) in [4.78, 5) is 49.5. The van der Waals surface area contributed by atoms with Crippen molar-refractivity contribution >= 4 is 63.8 Å². The Morgan fingerprint density at radius 1 is 1.06 bits per heavy atom. The van der Waals surface area contributed by atoms with Crippen molar-refractivity contribution in [1.29, 1.82) is 0 Å². The lowest BCUT2D eigenvalue weighted by Gasteiger charge is -2.12. The molecule has 0 bridgehead atoms. The van der Waals surface area contributed by atoms with Gasteiger partial charge in [-0.15, -0.1) is 0 Å². The summed E-state index contributed by atoms with van der Waals surface area (Å²) in [5.74, 6) is -1.07. The molecule has 0 aliphatic carbocycles. The number of thioether (sulfide) groups is 1. The van der Waals surface area contributed by atoms with Gasteiger partial charge in [-0.2, -0.15) is 0 Å². The van der Waals surface area contributed by atoms with Crippen LogP contribution >= 0.6 is 35.0 Å². The Labute approximate surface area is 213 Å². The number of benzene rings is 3. The second kappa shape index (κ2) is 10.3. The van der Waals surface area contributed by atoms with Gasteiger partial charge in [-0.25, -0.2) is 4.79 Å². The van der Waals surface area contributed by atoms with E-state index in [9.17, 15) is 24.5 Å². The maximum atomic E-state index is 12.9. The lowest BCUT2D eigenvalue weighted by molar-refractivity contribution is -0.384. The Bertz CT molecular complexity index is 1390. The van der Waals surface area contributed by atoms with Gasteiger partial charge in [0.15, 0.2) is 0 Å². The molecule has 176 valence electrons. The summed E-state index contributed by atoms with van der Waals surface area (Å²) in [6, 6.07) is 16.5. The number of amides is 2. The van der Waals surface area contributed by atoms with E-state index in [1.165, 1.54) is 48.5 Å². The largest absolute Gasteiger partial charge is 0.422 e. The summed E-state index contributed by atoms with van der Waals surface area (Å²) in [6.45, 7) is -0.0360. The van der Waals surface area contributed by atoms with Gasteiger partial charge in [-0.3, -0.25) is 24.6 Å². The molecule has 35 heavy (non-hydrogen) atoms. The number of imide groups is 1. The van der Waals surface area contributed by atoms with Gasteiger partial charge in [0.1, 0.15) is 5.75 Å². The quantitative estimate of drug-likeness (QED) is 0.120. The minimum Gasteiger partial charge on any atom is -0.422 e. The number of halogens is 2. The molecule has 1 aliphatic heterocycles. The number of carbonyl (C=O) groups is 3. The Morgan fingerprint density at radius 2 is 1.77 bits per heavy atom. The van der Waals surface area contributed by atoms with Crippen LogP contribution in [0.4, 0.5) is 10.5 Å². The average molecular weight is 529 g/mol. The van der Waals surface area contributed by atoms with Crippen LogP contribution in [0, 0.1) is 10.1 Å². The molecule has 1 fully saturated rings. The molecular weight excluding hydrogens is 515 g/mol. The first-order valence-corrected chi connectivity index (χ1v) is 11.5. The first kappa shape index (κ1) is 24.5. The number of esters is 1. The molecule has 0 unspecified atom stereocenters. The molecule has 0 N–H and O–H groups in total. The molecule has 2 amide bonds. The van der Waals surface area contributed by atoms with E-state index in [0.29, 0.717) is 16.1 Å². The highest BCUT2D eigenvalue weighted by molar-refractivity contribution is 8.18. The third-order valence-electron chi connectivity index (χ3n) is 4.92. The van der Waals surface area contributed by atoms with E-state index in [-0.39, 0.29) is 33.5 Å². The second-order valence-electron chi connectivity index (χ2n) is 7.24. The van der Waals surface area contributed by atoms with Crippen molar-refractivity contribution in [3.05, 3.63) is 108 Å². The summed E-state index contributed by atoms with van der Waals surface area (Å²) >= 11 is 12.7. The zero-order valence-corrected chi connectivity index (χ0v) is 20.0. The highest BCUT2D eigenvalue weighted by Gasteiger charge is 2.35. The average Bonchev–Trinajstić information content (AvgIpc) is 3.08. The number of nitrogens with zero attached hydrogens (tertiary/aromatic N) is 2. The summed E-state index contributed by atoms with van der Waals surface area (Å²) in [6.07, 6.45) is 1.47. The van der Waals surface area contributed by atoms with Crippen molar-refractivity contribution in [2.45, 2.75) is 6.54 Å². The third kappa shape index (κ3) is 5.54. The normalized spacial score (nSPS) is 14.5. The molecule has 3 aromatic rings. The number of hydrogen-bond donors (Lipinski definition) is 0. The second-order valence-corrected chi connectivity index (χ2v) is 9.08. The number of para-hydroxylation sites is 1. The molecule has 0 spiro atoms. The van der Waals surface area contributed by atoms with E-state index in [1.54, 1.807) is 24.3 Å². The molecule has 0 radical (unpaired) electrons. The lowest BCUT2D eigenvalue weighted by Crippen LogP contribution is -2.27. The molecule has 0 saturated carbocycles. The van der Waals surface area contributed by atoms with E-state index in [2.05, 4.69) is 0 Å². The van der Waals surface area contributed by atoms with Crippen LogP contribution in [0.3, 0.4) is 0 Å². The number of hydrogen-bond acceptors (Lipinski definition) is 7. The maximum absolute atomic E-state index is 12.9. The van der Waals surface area contributed by atoms with Crippen LogP contribution in [0.15, 0.2) is 71.6 Å². The molecule has 4 rings (SSSR count). The van der Waals surface area contributed by atoms with E-state index in [4.69, 9.17) is 27.9 Å². The van der Waals surface area contributed by atoms with Crippen molar-refractivity contribution in [2.24, 2.45) is 0 Å². The monoisotopic (exact) mass is 528 g/mol. The fourth-order valence-electron chi connectivity index (χ4n) is 3.19. The van der Waals surface area contributed by atoms with Crippen LogP contribution in [0.1, 0.15) is 21.5 Å². The van der Waals surface area contributed by atoms with Gasteiger partial charge in [0.05, 0.1) is 27.0 Å². The molecule has 0 aromatic heterocycles. The van der Waals surface area contributed by atoms with E-state index in [0.717, 1.165) is 16.7 Å². The first-order valence-electron chi connectivity index (χ1n) is 9.98. The van der Waals surface area contributed by atoms with Gasteiger partial charge < -0.3 is 4.74 Å². The number of non-ortho nitro benzene ring substituents is 1. The standard InChI is InChI=1S/C24H14Cl2N2O6S/c25-16-7-10-18(19(26)12-16)23(30)34-20-4-2-1-3-15(20)11-21-22(29)27(24(31)35-21)13-14-5-8-17(9-6-14)28(32)33/h1-12H,13H2/b21-11-. The van der Waals surface area contributed by atoms with E-state index < -0.39 is 22.0 Å². The maximum Gasteiger partial charge on any atom is 0.345 e. The molecule has 11 heteroatoms. The van der Waals surface area contributed by atoms with Crippen LogP contribution in [-0.2, 0) is 11.3 Å². The molecule has 1 heterocycles. The number of rotatable bonds is 6. The molecule has 0 atom stereocenters. The zero-order chi connectivity index (χ0) is 25.1. The van der Waals surface area contributed by atoms with Crippen molar-refractivity contribution in [3.63, 3.8) is 0 Å². The van der Waals surface area contributed by atoms with Crippen LogP contribution in [-0.4, -0.2) is 26.9 Å². The smallest absolute Gasteiger partial charge is 0.345 e. The van der Waals surface area contributed by atoms with Crippen molar-refractivity contribution in [1.82, 2.24) is 4.90 Å². The minimum atomic E-state index is -0.709. The van der Waals surface area contributed by atoms with Crippen LogP contribution in [0.2, 0.25) is 10.0 Å². The van der Waals surface area contributed by atoms with Crippen molar-refractivity contribution in [2.75, 3.05) is 0 Å². The number of carbonyl (C=O) groups excluding carboxylic acids is 3.